The fraction of sp³-hybridized carbons (Fsp3) is 0.500. The fourth-order valence-corrected chi connectivity index (χ4v) is 5.20. The van der Waals surface area contributed by atoms with Crippen LogP contribution in [-0.4, -0.2) is 43.7 Å². The number of carbonyl (C=O) groups is 1. The summed E-state index contributed by atoms with van der Waals surface area (Å²) in [6.45, 7) is 7.74. The van der Waals surface area contributed by atoms with Crippen LogP contribution in [0, 0.1) is 11.3 Å². The van der Waals surface area contributed by atoms with Crippen LogP contribution < -0.4 is 4.74 Å². The number of halogens is 1. The van der Waals surface area contributed by atoms with E-state index in [1.54, 1.807) is 7.11 Å². The van der Waals surface area contributed by atoms with E-state index < -0.39 is 0 Å². The molecule has 2 bridgehead atoms. The maximum Gasteiger partial charge on any atom is 0.314 e. The Morgan fingerprint density at radius 3 is 2.32 bits per heavy atom. The van der Waals surface area contributed by atoms with Crippen molar-refractivity contribution in [2.75, 3.05) is 26.7 Å². The summed E-state index contributed by atoms with van der Waals surface area (Å²) in [5.74, 6) is 0.871. The van der Waals surface area contributed by atoms with Crippen molar-refractivity contribution in [2.45, 2.75) is 45.1 Å². The Kier molecular flexibility index (Phi) is 7.66. The number of fused-ring (bicyclic) bond motifs is 4. The molecule has 0 spiro atoms. The van der Waals surface area contributed by atoms with Gasteiger partial charge < -0.3 is 14.4 Å². The first kappa shape index (κ1) is 23.6. The summed E-state index contributed by atoms with van der Waals surface area (Å²) in [6, 6.07) is 18.0. The molecule has 0 aliphatic carbocycles. The Bertz CT molecular complexity index is 845. The molecule has 5 heteroatoms. The summed E-state index contributed by atoms with van der Waals surface area (Å²) in [4.78, 5) is 16.1. The molecule has 3 aliphatic rings. The molecule has 0 N–H and O–H groups in total. The Hall–Kier alpha value is -2.04. The highest BCUT2D eigenvalue weighted by Crippen LogP contribution is 2.40. The highest BCUT2D eigenvalue weighted by Gasteiger charge is 2.45. The van der Waals surface area contributed by atoms with Crippen LogP contribution in [-0.2, 0) is 16.0 Å². The van der Waals surface area contributed by atoms with Gasteiger partial charge in [-0.25, -0.2) is 0 Å². The third-order valence-corrected chi connectivity index (χ3v) is 6.79. The largest absolute Gasteiger partial charge is 0.497 e. The van der Waals surface area contributed by atoms with Gasteiger partial charge in [0.2, 0.25) is 0 Å². The third kappa shape index (κ3) is 5.42. The third-order valence-electron chi connectivity index (χ3n) is 6.79. The highest BCUT2D eigenvalue weighted by atomic mass is 35.5. The van der Waals surface area contributed by atoms with Gasteiger partial charge in [0.1, 0.15) is 11.9 Å². The molecule has 0 amide bonds. The number of hydrogen-bond donors (Lipinski definition) is 0. The highest BCUT2D eigenvalue weighted by molar-refractivity contribution is 5.85. The topological polar surface area (TPSA) is 38.8 Å². The van der Waals surface area contributed by atoms with Gasteiger partial charge in [-0.2, -0.15) is 0 Å². The maximum absolute atomic E-state index is 13.6. The maximum atomic E-state index is 13.6. The summed E-state index contributed by atoms with van der Waals surface area (Å²) in [6.07, 6.45) is 2.84. The normalized spacial score (nSPS) is 25.1. The smallest absolute Gasteiger partial charge is 0.314 e. The van der Waals surface area contributed by atoms with Gasteiger partial charge in [-0.15, -0.1) is 12.4 Å². The van der Waals surface area contributed by atoms with Crippen LogP contribution in [0.1, 0.15) is 43.7 Å². The zero-order valence-electron chi connectivity index (χ0n) is 18.8. The zero-order valence-corrected chi connectivity index (χ0v) is 19.6. The Labute approximate surface area is 192 Å². The molecule has 2 aromatic carbocycles. The Morgan fingerprint density at radius 1 is 1.06 bits per heavy atom. The Balaban J connectivity index is 0.00000272. The lowest BCUT2D eigenvalue weighted by atomic mass is 9.78. The summed E-state index contributed by atoms with van der Waals surface area (Å²) >= 11 is 0. The number of carbonyl (C=O) groups excluding carboxylic acids is 1. The molecular formula is C26H34ClNO3. The van der Waals surface area contributed by atoms with Crippen molar-refractivity contribution < 1.29 is 14.3 Å². The first-order chi connectivity index (χ1) is 14.5. The summed E-state index contributed by atoms with van der Waals surface area (Å²) in [5, 5.41) is 0. The van der Waals surface area contributed by atoms with E-state index in [-0.39, 0.29) is 35.8 Å². The number of rotatable bonds is 6. The lowest BCUT2D eigenvalue weighted by Gasteiger charge is -2.36. The van der Waals surface area contributed by atoms with Gasteiger partial charge in [-0.05, 0) is 61.5 Å². The van der Waals surface area contributed by atoms with Crippen LogP contribution in [0.3, 0.4) is 0 Å². The summed E-state index contributed by atoms with van der Waals surface area (Å²) < 4.78 is 11.6. The number of piperidine rings is 1. The second kappa shape index (κ2) is 10.1. The predicted octanol–water partition coefficient (Wildman–Crippen LogP) is 5.11. The van der Waals surface area contributed by atoms with E-state index in [9.17, 15) is 4.79 Å². The van der Waals surface area contributed by atoms with Gasteiger partial charge in [-0.3, -0.25) is 4.79 Å². The van der Waals surface area contributed by atoms with E-state index >= 15 is 0 Å². The van der Waals surface area contributed by atoms with Gasteiger partial charge in [0.05, 0.1) is 13.0 Å². The monoisotopic (exact) mass is 443 g/mol. The van der Waals surface area contributed by atoms with Gasteiger partial charge in [0.15, 0.2) is 0 Å². The second-order valence-corrected chi connectivity index (χ2v) is 9.48. The molecule has 4 nitrogen and oxygen atoms in total. The number of benzene rings is 2. The predicted molar refractivity (Wildman–Crippen MR) is 126 cm³/mol. The molecule has 0 radical (unpaired) electrons. The molecule has 3 aliphatic heterocycles. The van der Waals surface area contributed by atoms with Crippen molar-refractivity contribution in [1.29, 1.82) is 0 Å². The van der Waals surface area contributed by atoms with Crippen LogP contribution in [0.2, 0.25) is 0 Å². The van der Waals surface area contributed by atoms with Crippen LogP contribution in [0.25, 0.3) is 0 Å². The van der Waals surface area contributed by atoms with Crippen molar-refractivity contribution in [3.05, 3.63) is 65.7 Å². The number of hydrogen-bond acceptors (Lipinski definition) is 4. The van der Waals surface area contributed by atoms with Gasteiger partial charge in [0, 0.05) is 12.0 Å². The van der Waals surface area contributed by atoms with E-state index in [0.717, 1.165) is 49.4 Å². The molecule has 2 atom stereocenters. The molecule has 0 saturated carbocycles. The van der Waals surface area contributed by atoms with Crippen molar-refractivity contribution in [1.82, 2.24) is 4.90 Å². The first-order valence-electron chi connectivity index (χ1n) is 11.1. The quantitative estimate of drug-likeness (QED) is 0.582. The molecule has 3 saturated heterocycles. The molecule has 3 heterocycles. The number of ether oxygens (including phenoxy) is 2. The lowest BCUT2D eigenvalue weighted by Crippen LogP contribution is -2.41. The van der Waals surface area contributed by atoms with E-state index in [4.69, 9.17) is 9.47 Å². The minimum Gasteiger partial charge on any atom is -0.497 e. The van der Waals surface area contributed by atoms with E-state index in [2.05, 4.69) is 18.7 Å². The van der Waals surface area contributed by atoms with Crippen molar-refractivity contribution in [3.63, 3.8) is 0 Å². The van der Waals surface area contributed by atoms with Crippen LogP contribution in [0.5, 0.6) is 5.75 Å². The van der Waals surface area contributed by atoms with Crippen LogP contribution >= 0.6 is 12.4 Å². The molecule has 168 valence electrons. The molecule has 0 aromatic heterocycles. The zero-order chi connectivity index (χ0) is 21.1. The average molecular weight is 444 g/mol. The molecule has 3 fully saturated rings. The van der Waals surface area contributed by atoms with E-state index in [1.165, 1.54) is 0 Å². The standard InChI is InChI=1S/C26H33NO3.ClH/c1-26(2)18-27-15-13-21(14-16-27)24(26)30-25(28)23(20-7-5-4-6-8-20)17-19-9-11-22(29-3)12-10-19;/h4-12,21,23-24H,13-18H2,1-3H3;1H. The van der Waals surface area contributed by atoms with Gasteiger partial charge in [-0.1, -0.05) is 56.3 Å². The molecule has 2 aromatic rings. The SMILES string of the molecule is COc1ccc(CC(C(=O)OC2C3CCN(CC3)CC2(C)C)c2ccccc2)cc1.Cl. The lowest BCUT2D eigenvalue weighted by molar-refractivity contribution is -0.161. The molecular weight excluding hydrogens is 410 g/mol. The summed E-state index contributed by atoms with van der Waals surface area (Å²) in [5.41, 5.74) is 2.08. The number of nitrogens with zero attached hydrogens (tertiary/aromatic N) is 1. The molecule has 2 unspecified atom stereocenters. The second-order valence-electron chi connectivity index (χ2n) is 9.48. The summed E-state index contributed by atoms with van der Waals surface area (Å²) in [7, 11) is 1.66. The minimum atomic E-state index is -0.309. The first-order valence-corrected chi connectivity index (χ1v) is 11.1. The van der Waals surface area contributed by atoms with E-state index in [1.807, 2.05) is 54.6 Å². The van der Waals surface area contributed by atoms with Crippen LogP contribution in [0.15, 0.2) is 54.6 Å². The van der Waals surface area contributed by atoms with Crippen molar-refractivity contribution in [2.24, 2.45) is 11.3 Å². The Morgan fingerprint density at radius 2 is 1.71 bits per heavy atom. The fourth-order valence-electron chi connectivity index (χ4n) is 5.20. The molecule has 31 heavy (non-hydrogen) atoms. The molecule has 5 rings (SSSR count). The minimum absolute atomic E-state index is 0. The number of methoxy groups -OCH3 is 1. The average Bonchev–Trinajstić information content (AvgIpc) is 2.96. The number of esters is 1. The van der Waals surface area contributed by atoms with Crippen LogP contribution in [0.4, 0.5) is 0 Å². The van der Waals surface area contributed by atoms with Gasteiger partial charge in [0.25, 0.3) is 0 Å². The van der Waals surface area contributed by atoms with Crippen molar-refractivity contribution in [3.8, 4) is 5.75 Å². The van der Waals surface area contributed by atoms with Crippen molar-refractivity contribution >= 4 is 18.4 Å². The van der Waals surface area contributed by atoms with Gasteiger partial charge >= 0.3 is 5.97 Å². The van der Waals surface area contributed by atoms with E-state index in [0.29, 0.717) is 12.3 Å².